The Labute approximate surface area is 126 Å². The summed E-state index contributed by atoms with van der Waals surface area (Å²) < 4.78 is 14.3. The quantitative estimate of drug-likeness (QED) is 0.505. The maximum absolute atomic E-state index is 14.3. The van der Waals surface area contributed by atoms with Gasteiger partial charge in [0.2, 0.25) is 5.28 Å². The predicted octanol–water partition coefficient (Wildman–Crippen LogP) is 3.29. The van der Waals surface area contributed by atoms with Crippen molar-refractivity contribution in [3.05, 3.63) is 65.5 Å². The average Bonchev–Trinajstić information content (AvgIpc) is 2.46. The molecule has 1 aromatic carbocycles. The van der Waals surface area contributed by atoms with Gasteiger partial charge in [0.1, 0.15) is 0 Å². The number of ketones is 1. The van der Waals surface area contributed by atoms with Gasteiger partial charge < -0.3 is 5.32 Å². The molecule has 0 fully saturated rings. The molecule has 0 bridgehead atoms. The molecule has 1 heterocycles. The zero-order chi connectivity index (χ0) is 15.2. The van der Waals surface area contributed by atoms with Crippen molar-refractivity contribution in [3.63, 3.8) is 0 Å². The second-order valence-electron chi connectivity index (χ2n) is 4.25. The van der Waals surface area contributed by atoms with Crippen LogP contribution in [0.5, 0.6) is 0 Å². The Morgan fingerprint density at radius 1 is 1.43 bits per heavy atom. The lowest BCUT2D eigenvalue weighted by atomic mass is 10.0. The van der Waals surface area contributed by atoms with Crippen molar-refractivity contribution in [2.24, 2.45) is 0 Å². The van der Waals surface area contributed by atoms with Crippen LogP contribution in [0, 0.1) is 5.82 Å². The van der Waals surface area contributed by atoms with Gasteiger partial charge in [-0.05, 0) is 29.8 Å². The third-order valence-corrected chi connectivity index (χ3v) is 2.94. The third kappa shape index (κ3) is 3.86. The van der Waals surface area contributed by atoms with E-state index in [0.717, 1.165) is 0 Å². The highest BCUT2D eigenvalue weighted by atomic mass is 35.5. The first-order valence-electron chi connectivity index (χ1n) is 6.25. The van der Waals surface area contributed by atoms with E-state index in [1.165, 1.54) is 12.3 Å². The fraction of sp³-hybridized carbons (Fsp3) is 0.133. The smallest absolute Gasteiger partial charge is 0.222 e. The summed E-state index contributed by atoms with van der Waals surface area (Å²) in [5.74, 6) is -0.950. The molecule has 0 amide bonds. The Bertz CT molecular complexity index is 676. The molecule has 0 atom stereocenters. The summed E-state index contributed by atoms with van der Waals surface area (Å²) in [6.45, 7) is 3.96. The minimum Gasteiger partial charge on any atom is -0.379 e. The van der Waals surface area contributed by atoms with Gasteiger partial charge in [-0.25, -0.2) is 14.4 Å². The van der Waals surface area contributed by atoms with Crippen LogP contribution < -0.4 is 5.32 Å². The number of carbonyl (C=O) groups is 1. The fourth-order valence-corrected chi connectivity index (χ4v) is 1.96. The van der Waals surface area contributed by atoms with Crippen molar-refractivity contribution >= 4 is 23.1 Å². The highest BCUT2D eigenvalue weighted by molar-refractivity contribution is 6.28. The summed E-state index contributed by atoms with van der Waals surface area (Å²) in [5.41, 5.74) is 0.726. The van der Waals surface area contributed by atoms with Gasteiger partial charge in [0.05, 0.1) is 23.4 Å². The van der Waals surface area contributed by atoms with E-state index in [-0.39, 0.29) is 28.7 Å². The van der Waals surface area contributed by atoms with Crippen LogP contribution in [0.15, 0.2) is 43.1 Å². The van der Waals surface area contributed by atoms with Gasteiger partial charge in [0.25, 0.3) is 0 Å². The third-order valence-electron chi connectivity index (χ3n) is 2.76. The first kappa shape index (κ1) is 15.1. The number of benzene rings is 1. The zero-order valence-electron chi connectivity index (χ0n) is 11.1. The van der Waals surface area contributed by atoms with Crippen LogP contribution in [0.1, 0.15) is 16.1 Å². The molecule has 0 aliphatic heterocycles. The second-order valence-corrected chi connectivity index (χ2v) is 4.59. The van der Waals surface area contributed by atoms with Crippen molar-refractivity contribution in [2.45, 2.75) is 6.42 Å². The SMILES string of the molecule is C=CCNc1cccc(C(=O)Cc2ccnc(Cl)n2)c1F. The standard InChI is InChI=1S/C15H13ClFN3O/c1-2-7-18-12-5-3-4-11(14(12)17)13(21)9-10-6-8-19-15(16)20-10/h2-6,8,18H,1,7,9H2. The van der Waals surface area contributed by atoms with Gasteiger partial charge in [-0.15, -0.1) is 6.58 Å². The number of anilines is 1. The van der Waals surface area contributed by atoms with Gasteiger partial charge in [0, 0.05) is 12.7 Å². The van der Waals surface area contributed by atoms with Crippen LogP contribution in [0.3, 0.4) is 0 Å². The van der Waals surface area contributed by atoms with Gasteiger partial charge in [-0.3, -0.25) is 4.79 Å². The van der Waals surface area contributed by atoms with Crippen LogP contribution in [0.4, 0.5) is 10.1 Å². The maximum Gasteiger partial charge on any atom is 0.222 e. The monoisotopic (exact) mass is 305 g/mol. The molecule has 4 nitrogen and oxygen atoms in total. The molecule has 0 aliphatic rings. The largest absolute Gasteiger partial charge is 0.379 e. The Morgan fingerprint density at radius 2 is 2.24 bits per heavy atom. The number of hydrogen-bond donors (Lipinski definition) is 1. The first-order chi connectivity index (χ1) is 10.1. The molecule has 0 spiro atoms. The highest BCUT2D eigenvalue weighted by Crippen LogP contribution is 2.19. The zero-order valence-corrected chi connectivity index (χ0v) is 11.9. The number of nitrogens with one attached hydrogen (secondary N) is 1. The Kier molecular flexibility index (Phi) is 5.00. The van der Waals surface area contributed by atoms with E-state index in [1.807, 2.05) is 0 Å². The molecule has 108 valence electrons. The van der Waals surface area contributed by atoms with E-state index >= 15 is 0 Å². The summed E-state index contributed by atoms with van der Waals surface area (Å²) in [5, 5.41) is 2.90. The Hall–Kier alpha value is -2.27. The van der Waals surface area contributed by atoms with Crippen LogP contribution in [-0.2, 0) is 6.42 Å². The summed E-state index contributed by atoms with van der Waals surface area (Å²) >= 11 is 5.66. The highest BCUT2D eigenvalue weighted by Gasteiger charge is 2.16. The van der Waals surface area contributed by atoms with Crippen LogP contribution in [-0.4, -0.2) is 22.3 Å². The molecule has 2 aromatic rings. The second kappa shape index (κ2) is 6.95. The average molecular weight is 306 g/mol. The summed E-state index contributed by atoms with van der Waals surface area (Å²) in [6, 6.07) is 6.20. The molecule has 0 saturated heterocycles. The summed E-state index contributed by atoms with van der Waals surface area (Å²) in [4.78, 5) is 19.8. The van der Waals surface area contributed by atoms with Crippen molar-refractivity contribution in [2.75, 3.05) is 11.9 Å². The van der Waals surface area contributed by atoms with E-state index in [4.69, 9.17) is 11.6 Å². The van der Waals surface area contributed by atoms with Crippen LogP contribution in [0.25, 0.3) is 0 Å². The number of Topliss-reactive ketones (excluding diaryl/α,β-unsaturated/α-hetero) is 1. The van der Waals surface area contributed by atoms with E-state index in [0.29, 0.717) is 12.2 Å². The van der Waals surface area contributed by atoms with Crippen molar-refractivity contribution in [3.8, 4) is 0 Å². The van der Waals surface area contributed by atoms with Crippen molar-refractivity contribution < 1.29 is 9.18 Å². The minimum atomic E-state index is -0.579. The number of hydrogen-bond acceptors (Lipinski definition) is 4. The Balaban J connectivity index is 2.21. The number of nitrogens with zero attached hydrogens (tertiary/aromatic N) is 2. The number of aromatic nitrogens is 2. The molecule has 0 saturated carbocycles. The number of halogens is 2. The number of carbonyl (C=O) groups excluding carboxylic acids is 1. The summed E-state index contributed by atoms with van der Waals surface area (Å²) in [7, 11) is 0. The maximum atomic E-state index is 14.3. The molecule has 21 heavy (non-hydrogen) atoms. The van der Waals surface area contributed by atoms with E-state index in [2.05, 4.69) is 21.9 Å². The van der Waals surface area contributed by atoms with Crippen molar-refractivity contribution in [1.29, 1.82) is 0 Å². The first-order valence-corrected chi connectivity index (χ1v) is 6.63. The van der Waals surface area contributed by atoms with Gasteiger partial charge in [-0.2, -0.15) is 0 Å². The van der Waals surface area contributed by atoms with E-state index in [9.17, 15) is 9.18 Å². The molecule has 2 rings (SSSR count). The molecule has 0 radical (unpaired) electrons. The lowest BCUT2D eigenvalue weighted by Crippen LogP contribution is -2.10. The molecule has 0 unspecified atom stereocenters. The lowest BCUT2D eigenvalue weighted by Gasteiger charge is -2.08. The molecule has 1 aromatic heterocycles. The molecular formula is C15H13ClFN3O. The van der Waals surface area contributed by atoms with E-state index in [1.54, 1.807) is 24.3 Å². The number of rotatable bonds is 6. The minimum absolute atomic E-state index is 0.0128. The molecular weight excluding hydrogens is 293 g/mol. The van der Waals surface area contributed by atoms with Crippen LogP contribution >= 0.6 is 11.6 Å². The topological polar surface area (TPSA) is 54.9 Å². The van der Waals surface area contributed by atoms with Gasteiger partial charge in [0.15, 0.2) is 11.6 Å². The Morgan fingerprint density at radius 3 is 2.95 bits per heavy atom. The molecule has 1 N–H and O–H groups in total. The van der Waals surface area contributed by atoms with E-state index < -0.39 is 5.82 Å². The lowest BCUT2D eigenvalue weighted by molar-refractivity contribution is 0.0988. The van der Waals surface area contributed by atoms with Crippen molar-refractivity contribution in [1.82, 2.24) is 9.97 Å². The molecule has 6 heteroatoms. The predicted molar refractivity (Wildman–Crippen MR) is 80.2 cm³/mol. The van der Waals surface area contributed by atoms with Gasteiger partial charge >= 0.3 is 0 Å². The fourth-order valence-electron chi connectivity index (χ4n) is 1.79. The summed E-state index contributed by atoms with van der Waals surface area (Å²) in [6.07, 6.45) is 3.03. The normalized spacial score (nSPS) is 10.2. The molecule has 0 aliphatic carbocycles. The van der Waals surface area contributed by atoms with Gasteiger partial charge in [-0.1, -0.05) is 12.1 Å². The van der Waals surface area contributed by atoms with Crippen LogP contribution in [0.2, 0.25) is 5.28 Å².